The average Bonchev–Trinajstić information content (AvgIpc) is 3.45. The second-order valence-electron chi connectivity index (χ2n) is 7.46. The molecular weight excluding hydrogens is 340 g/mol. The molecule has 0 spiro atoms. The molecule has 142 valence electrons. The van der Waals surface area contributed by atoms with E-state index in [2.05, 4.69) is 47.4 Å². The van der Waals surface area contributed by atoms with Crippen molar-refractivity contribution < 1.29 is 4.74 Å². The molecule has 2 aromatic rings. The number of rotatable bonds is 6. The van der Waals surface area contributed by atoms with Gasteiger partial charge in [0.2, 0.25) is 5.75 Å². The van der Waals surface area contributed by atoms with Crippen molar-refractivity contribution in [1.29, 1.82) is 0 Å². The highest BCUT2D eigenvalue weighted by Crippen LogP contribution is 2.35. The third-order valence-electron chi connectivity index (χ3n) is 5.20. The first-order valence-corrected chi connectivity index (χ1v) is 9.60. The summed E-state index contributed by atoms with van der Waals surface area (Å²) in [5, 5.41) is 7.80. The van der Waals surface area contributed by atoms with Crippen LogP contribution in [-0.4, -0.2) is 42.6 Å². The lowest BCUT2D eigenvalue weighted by molar-refractivity contribution is 0.258. The van der Waals surface area contributed by atoms with Gasteiger partial charge in [-0.1, -0.05) is 31.2 Å². The monoisotopic (exact) mass is 366 g/mol. The Labute approximate surface area is 159 Å². The van der Waals surface area contributed by atoms with Crippen LogP contribution in [0.2, 0.25) is 0 Å². The van der Waals surface area contributed by atoms with Crippen molar-refractivity contribution in [1.82, 2.24) is 15.1 Å². The summed E-state index contributed by atoms with van der Waals surface area (Å²) >= 11 is 0. The third-order valence-corrected chi connectivity index (χ3v) is 5.20. The number of benzene rings is 1. The van der Waals surface area contributed by atoms with Gasteiger partial charge in [0.15, 0.2) is 0 Å². The van der Waals surface area contributed by atoms with Crippen molar-refractivity contribution in [2.24, 2.45) is 5.41 Å². The minimum Gasteiger partial charge on any atom is -0.485 e. The molecule has 1 aliphatic carbocycles. The third kappa shape index (κ3) is 3.76. The van der Waals surface area contributed by atoms with Gasteiger partial charge in [-0.2, -0.15) is 9.78 Å². The van der Waals surface area contributed by atoms with E-state index in [1.54, 1.807) is 6.20 Å². The quantitative estimate of drug-likeness (QED) is 0.794. The number of hydrogen-bond donors (Lipinski definition) is 1. The van der Waals surface area contributed by atoms with Crippen LogP contribution in [0.3, 0.4) is 0 Å². The van der Waals surface area contributed by atoms with Crippen LogP contribution in [0.15, 0.2) is 47.4 Å². The van der Waals surface area contributed by atoms with Crippen molar-refractivity contribution in [2.75, 3.05) is 37.7 Å². The Morgan fingerprint density at radius 3 is 2.74 bits per heavy atom. The van der Waals surface area contributed by atoms with Crippen molar-refractivity contribution in [3.63, 3.8) is 0 Å². The average molecular weight is 366 g/mol. The number of nitrogens with zero attached hydrogens (tertiary/aromatic N) is 3. The van der Waals surface area contributed by atoms with Crippen LogP contribution in [0.5, 0.6) is 5.75 Å². The highest BCUT2D eigenvalue weighted by atomic mass is 16.5. The van der Waals surface area contributed by atoms with E-state index in [0.29, 0.717) is 12.4 Å². The molecule has 27 heavy (non-hydrogen) atoms. The summed E-state index contributed by atoms with van der Waals surface area (Å²) in [5.41, 5.74) is 2.48. The van der Waals surface area contributed by atoms with E-state index in [1.807, 2.05) is 18.2 Å². The van der Waals surface area contributed by atoms with E-state index in [-0.39, 0.29) is 11.0 Å². The molecule has 2 heterocycles. The highest BCUT2D eigenvalue weighted by molar-refractivity contribution is 5.57. The van der Waals surface area contributed by atoms with E-state index in [9.17, 15) is 4.79 Å². The normalized spacial score (nSPS) is 17.8. The van der Waals surface area contributed by atoms with Crippen LogP contribution in [0.1, 0.15) is 19.4 Å². The molecule has 1 aromatic carbocycles. The Balaban J connectivity index is 1.73. The predicted molar refractivity (Wildman–Crippen MR) is 107 cm³/mol. The summed E-state index contributed by atoms with van der Waals surface area (Å²) in [6.07, 6.45) is 6.88. The number of ether oxygens (including phenoxy) is 1. The molecule has 0 radical (unpaired) electrons. The molecular formula is C21H26N4O2. The Morgan fingerprint density at radius 2 is 2.04 bits per heavy atom. The fourth-order valence-electron chi connectivity index (χ4n) is 3.25. The molecule has 0 unspecified atom stereocenters. The second-order valence-corrected chi connectivity index (χ2v) is 7.46. The maximum atomic E-state index is 13.3. The maximum absolute atomic E-state index is 13.3. The summed E-state index contributed by atoms with van der Waals surface area (Å²) in [4.78, 5) is 15.5. The number of aromatic nitrogens is 2. The molecule has 0 amide bonds. The standard InChI is InChI=1S/C21H26N4O2/c1-3-16-5-4-6-17(13-16)25-20(26)19(27-15-21(2)7-8-21)18(14-23-25)24-11-9-22-10-12-24/h4-8,13-14,22H,3,9-12,15H2,1-2H3. The van der Waals surface area contributed by atoms with Crippen molar-refractivity contribution in [2.45, 2.75) is 20.3 Å². The van der Waals surface area contributed by atoms with Crippen LogP contribution in [-0.2, 0) is 6.42 Å². The van der Waals surface area contributed by atoms with Gasteiger partial charge in [-0.3, -0.25) is 4.79 Å². The van der Waals surface area contributed by atoms with Crippen molar-refractivity contribution in [3.05, 3.63) is 58.5 Å². The Morgan fingerprint density at radius 1 is 1.26 bits per heavy atom. The fraction of sp³-hybridized carbons (Fsp3) is 0.429. The Bertz CT molecular complexity index is 907. The van der Waals surface area contributed by atoms with E-state index in [0.717, 1.165) is 44.0 Å². The largest absolute Gasteiger partial charge is 0.485 e. The van der Waals surface area contributed by atoms with Gasteiger partial charge in [-0.05, 0) is 31.0 Å². The second kappa shape index (κ2) is 7.19. The van der Waals surface area contributed by atoms with E-state index >= 15 is 0 Å². The van der Waals surface area contributed by atoms with Gasteiger partial charge in [0.25, 0.3) is 0 Å². The molecule has 2 aliphatic rings. The lowest BCUT2D eigenvalue weighted by Gasteiger charge is -2.30. The first-order valence-electron chi connectivity index (χ1n) is 9.60. The molecule has 1 saturated heterocycles. The summed E-state index contributed by atoms with van der Waals surface area (Å²) in [6.45, 7) is 8.12. The molecule has 0 bridgehead atoms. The van der Waals surface area contributed by atoms with Gasteiger partial charge in [-0.15, -0.1) is 0 Å². The summed E-state index contributed by atoms with van der Waals surface area (Å²) in [6, 6.07) is 7.93. The molecule has 4 rings (SSSR count). The van der Waals surface area contributed by atoms with Crippen molar-refractivity contribution in [3.8, 4) is 11.4 Å². The van der Waals surface area contributed by atoms with Crippen LogP contribution in [0.4, 0.5) is 5.69 Å². The van der Waals surface area contributed by atoms with E-state index in [1.165, 1.54) is 10.2 Å². The zero-order chi connectivity index (χ0) is 18.9. The number of hydrogen-bond acceptors (Lipinski definition) is 5. The number of nitrogens with one attached hydrogen (secondary N) is 1. The summed E-state index contributed by atoms with van der Waals surface area (Å²) in [7, 11) is 0. The van der Waals surface area contributed by atoms with Gasteiger partial charge in [0, 0.05) is 31.6 Å². The summed E-state index contributed by atoms with van der Waals surface area (Å²) < 4.78 is 7.52. The minimum atomic E-state index is -0.205. The smallest absolute Gasteiger partial charge is 0.316 e. The minimum absolute atomic E-state index is 0.0383. The van der Waals surface area contributed by atoms with Gasteiger partial charge in [-0.25, -0.2) is 0 Å². The lowest BCUT2D eigenvalue weighted by atomic mass is 10.1. The first-order chi connectivity index (χ1) is 13.1. The first kappa shape index (κ1) is 17.8. The van der Waals surface area contributed by atoms with Crippen LogP contribution in [0.25, 0.3) is 5.69 Å². The van der Waals surface area contributed by atoms with Crippen LogP contribution < -0.4 is 20.5 Å². The highest BCUT2D eigenvalue weighted by Gasteiger charge is 2.30. The van der Waals surface area contributed by atoms with E-state index < -0.39 is 0 Å². The van der Waals surface area contributed by atoms with E-state index in [4.69, 9.17) is 4.74 Å². The number of anilines is 1. The molecule has 1 aromatic heterocycles. The fourth-order valence-corrected chi connectivity index (χ4v) is 3.25. The van der Waals surface area contributed by atoms with Gasteiger partial charge in [0.05, 0.1) is 11.9 Å². The number of aryl methyl sites for hydroxylation is 1. The molecule has 1 fully saturated rings. The van der Waals surface area contributed by atoms with Gasteiger partial charge in [0.1, 0.15) is 12.3 Å². The Kier molecular flexibility index (Phi) is 4.74. The SMILES string of the molecule is CCc1cccc(-n2ncc(N3CCNCC3)c(OCC3(C)C=C3)c2=O)c1. The topological polar surface area (TPSA) is 59.4 Å². The predicted octanol–water partition coefficient (Wildman–Crippen LogP) is 2.16. The zero-order valence-corrected chi connectivity index (χ0v) is 15.9. The molecule has 1 N–H and O–H groups in total. The van der Waals surface area contributed by atoms with Crippen LogP contribution >= 0.6 is 0 Å². The van der Waals surface area contributed by atoms with Gasteiger partial charge >= 0.3 is 5.56 Å². The number of piperazine rings is 1. The molecule has 0 atom stereocenters. The zero-order valence-electron chi connectivity index (χ0n) is 15.9. The molecule has 6 nitrogen and oxygen atoms in total. The van der Waals surface area contributed by atoms with Crippen molar-refractivity contribution >= 4 is 5.69 Å². The van der Waals surface area contributed by atoms with Gasteiger partial charge < -0.3 is 15.0 Å². The lowest BCUT2D eigenvalue weighted by Crippen LogP contribution is -2.44. The Hall–Kier alpha value is -2.60. The molecule has 0 saturated carbocycles. The maximum Gasteiger partial charge on any atom is 0.316 e. The summed E-state index contributed by atoms with van der Waals surface area (Å²) in [5.74, 6) is 0.392. The molecule has 1 aliphatic heterocycles. The van der Waals surface area contributed by atoms with Crippen LogP contribution in [0, 0.1) is 5.41 Å². The molecule has 6 heteroatoms.